The molecule has 6 rings (SSSR count). The molecule has 3 aliphatic carbocycles. The second kappa shape index (κ2) is 6.54. The number of Topliss-reactive ketones (excluding diaryl/α,β-unsaturated/α-hetero) is 2. The van der Waals surface area contributed by atoms with Gasteiger partial charge in [-0.2, -0.15) is 0 Å². The van der Waals surface area contributed by atoms with Crippen molar-refractivity contribution in [2.75, 3.05) is 6.61 Å². The molecule has 0 aromatic heterocycles. The monoisotopic (exact) mass is 438 g/mol. The first kappa shape index (κ1) is 20.9. The molecule has 32 heavy (non-hydrogen) atoms. The molecule has 5 aliphatic rings. The Hall–Kier alpha value is -2.93. The number of carboxylic acid groups (broad SMARTS) is 1. The van der Waals surface area contributed by atoms with Gasteiger partial charge in [-0.15, -0.1) is 0 Å². The first-order valence-electron chi connectivity index (χ1n) is 10.8. The van der Waals surface area contributed by atoms with E-state index in [1.807, 2.05) is 33.8 Å². The van der Waals surface area contributed by atoms with Gasteiger partial charge in [-0.1, -0.05) is 23.8 Å². The summed E-state index contributed by atoms with van der Waals surface area (Å²) in [6.07, 6.45) is 4.59. The van der Waals surface area contributed by atoms with Crippen LogP contribution >= 0.6 is 0 Å². The van der Waals surface area contributed by atoms with Crippen molar-refractivity contribution in [3.05, 3.63) is 47.1 Å². The average Bonchev–Trinajstić information content (AvgIpc) is 2.88. The third-order valence-electron chi connectivity index (χ3n) is 7.24. The van der Waals surface area contributed by atoms with Crippen LogP contribution in [0.4, 0.5) is 0 Å². The highest BCUT2D eigenvalue weighted by Crippen LogP contribution is 2.67. The maximum absolute atomic E-state index is 13.9. The molecule has 7 nitrogen and oxygen atoms in total. The molecule has 1 aromatic carbocycles. The first-order valence-corrected chi connectivity index (χ1v) is 10.8. The quantitative estimate of drug-likeness (QED) is 0.702. The van der Waals surface area contributed by atoms with Crippen LogP contribution < -0.4 is 9.47 Å². The van der Waals surface area contributed by atoms with E-state index in [0.717, 1.165) is 5.57 Å². The number of allylic oxidation sites excluding steroid dienone is 2. The van der Waals surface area contributed by atoms with Crippen LogP contribution in [0.15, 0.2) is 41.5 Å². The van der Waals surface area contributed by atoms with Gasteiger partial charge in [0, 0.05) is 23.8 Å². The Morgan fingerprint density at radius 3 is 2.72 bits per heavy atom. The maximum atomic E-state index is 13.9. The third-order valence-corrected chi connectivity index (χ3v) is 7.24. The molecule has 1 saturated heterocycles. The molecule has 168 valence electrons. The summed E-state index contributed by atoms with van der Waals surface area (Å²) in [6.45, 7) is 7.26. The summed E-state index contributed by atoms with van der Waals surface area (Å²) < 4.78 is 18.6. The fourth-order valence-corrected chi connectivity index (χ4v) is 6.07. The number of rotatable bonds is 5. The number of carbonyl (C=O) groups is 3. The largest absolute Gasteiger partial charge is 0.481 e. The van der Waals surface area contributed by atoms with E-state index >= 15 is 0 Å². The number of ketones is 2. The third kappa shape index (κ3) is 2.48. The standard InChI is InChI=1S/C25H26O7/c1-13(2)8-9-24-22(29)14-10-15-21(28)20-16(30-12-19(26)27)6-5-7-17(20)31-25(15,24)18(11-14)23(3,4)32-24/h5-8,10,14,18H,9,11-12H2,1-4H3,(H,26,27). The normalized spacial score (nSPS) is 33.1. The highest BCUT2D eigenvalue weighted by molar-refractivity contribution is 6.18. The molecule has 0 amide bonds. The van der Waals surface area contributed by atoms with Crippen molar-refractivity contribution in [2.45, 2.75) is 57.3 Å². The molecule has 7 heteroatoms. The highest BCUT2D eigenvalue weighted by atomic mass is 16.6. The zero-order chi connectivity index (χ0) is 23.1. The minimum Gasteiger partial charge on any atom is -0.481 e. The summed E-state index contributed by atoms with van der Waals surface area (Å²) in [6, 6.07) is 4.88. The SMILES string of the molecule is CC(C)=CCC12OC(C)(C)C3CC(C=C4C(=O)c5c(OCC(=O)O)cccc5OC431)C2=O. The van der Waals surface area contributed by atoms with E-state index in [2.05, 4.69) is 0 Å². The van der Waals surface area contributed by atoms with Gasteiger partial charge in [0.15, 0.2) is 29.4 Å². The van der Waals surface area contributed by atoms with Crippen LogP contribution in [-0.2, 0) is 14.3 Å². The topological polar surface area (TPSA) is 99.1 Å². The Morgan fingerprint density at radius 1 is 1.28 bits per heavy atom. The van der Waals surface area contributed by atoms with E-state index in [-0.39, 0.29) is 34.5 Å². The zero-order valence-electron chi connectivity index (χ0n) is 18.6. The van der Waals surface area contributed by atoms with E-state index in [1.54, 1.807) is 24.3 Å². The molecule has 2 fully saturated rings. The van der Waals surface area contributed by atoms with E-state index in [1.165, 1.54) is 0 Å². The first-order chi connectivity index (χ1) is 15.0. The summed E-state index contributed by atoms with van der Waals surface area (Å²) in [4.78, 5) is 38.6. The minimum absolute atomic E-state index is 0.0462. The molecule has 0 radical (unpaired) electrons. The van der Waals surface area contributed by atoms with E-state index in [9.17, 15) is 14.4 Å². The van der Waals surface area contributed by atoms with Crippen molar-refractivity contribution >= 4 is 17.5 Å². The second-order valence-corrected chi connectivity index (χ2v) is 9.84. The van der Waals surface area contributed by atoms with Crippen molar-refractivity contribution in [2.24, 2.45) is 11.8 Å². The van der Waals surface area contributed by atoms with Gasteiger partial charge in [0.25, 0.3) is 0 Å². The van der Waals surface area contributed by atoms with Gasteiger partial charge in [0.2, 0.25) is 0 Å². The lowest BCUT2D eigenvalue weighted by Crippen LogP contribution is -2.72. The summed E-state index contributed by atoms with van der Waals surface area (Å²) >= 11 is 0. The summed E-state index contributed by atoms with van der Waals surface area (Å²) in [5.41, 5.74) is -1.53. The van der Waals surface area contributed by atoms with Crippen LogP contribution in [0.1, 0.15) is 50.9 Å². The number of carbonyl (C=O) groups excluding carboxylic acids is 2. The molecule has 4 atom stereocenters. The number of benzene rings is 1. The van der Waals surface area contributed by atoms with Gasteiger partial charge in [-0.25, -0.2) is 4.79 Å². The van der Waals surface area contributed by atoms with Crippen LogP contribution in [0, 0.1) is 11.8 Å². The van der Waals surface area contributed by atoms with Crippen LogP contribution in [0.5, 0.6) is 11.5 Å². The molecule has 4 bridgehead atoms. The molecule has 2 heterocycles. The summed E-state index contributed by atoms with van der Waals surface area (Å²) in [5, 5.41) is 9.01. The molecule has 2 aliphatic heterocycles. The Kier molecular flexibility index (Phi) is 4.28. The lowest BCUT2D eigenvalue weighted by Gasteiger charge is -2.56. The number of hydrogen-bond donors (Lipinski definition) is 1. The van der Waals surface area contributed by atoms with Crippen molar-refractivity contribution in [1.29, 1.82) is 0 Å². The van der Waals surface area contributed by atoms with E-state index < -0.39 is 35.3 Å². The van der Waals surface area contributed by atoms with E-state index in [0.29, 0.717) is 18.4 Å². The zero-order valence-corrected chi connectivity index (χ0v) is 18.6. The van der Waals surface area contributed by atoms with E-state index in [4.69, 9.17) is 19.3 Å². The Balaban J connectivity index is 1.72. The lowest BCUT2D eigenvalue weighted by molar-refractivity contribution is -0.171. The van der Waals surface area contributed by atoms with Crippen molar-refractivity contribution in [1.82, 2.24) is 0 Å². The minimum atomic E-state index is -1.29. The molecule has 1 saturated carbocycles. The predicted octanol–water partition coefficient (Wildman–Crippen LogP) is 3.51. The van der Waals surface area contributed by atoms with Gasteiger partial charge in [-0.3, -0.25) is 9.59 Å². The van der Waals surface area contributed by atoms with Gasteiger partial charge in [0.05, 0.1) is 5.60 Å². The Bertz CT molecular complexity index is 1120. The van der Waals surface area contributed by atoms with Crippen molar-refractivity contribution in [3.63, 3.8) is 0 Å². The fourth-order valence-electron chi connectivity index (χ4n) is 6.07. The second-order valence-electron chi connectivity index (χ2n) is 9.84. The number of carboxylic acids is 1. The van der Waals surface area contributed by atoms with Gasteiger partial charge in [0.1, 0.15) is 17.1 Å². The molecular formula is C25H26O7. The number of aliphatic carboxylic acids is 1. The number of ether oxygens (including phenoxy) is 3. The summed E-state index contributed by atoms with van der Waals surface area (Å²) in [7, 11) is 0. The molecule has 1 N–H and O–H groups in total. The molecule has 1 aromatic rings. The van der Waals surface area contributed by atoms with Gasteiger partial charge < -0.3 is 19.3 Å². The van der Waals surface area contributed by atoms with Crippen LogP contribution in [0.25, 0.3) is 0 Å². The van der Waals surface area contributed by atoms with Crippen molar-refractivity contribution in [3.8, 4) is 11.5 Å². The fraction of sp³-hybridized carbons (Fsp3) is 0.480. The summed E-state index contributed by atoms with van der Waals surface area (Å²) in [5.74, 6) is -1.65. The lowest BCUT2D eigenvalue weighted by atomic mass is 9.51. The Labute approximate surface area is 186 Å². The molecular weight excluding hydrogens is 412 g/mol. The predicted molar refractivity (Wildman–Crippen MR) is 114 cm³/mol. The van der Waals surface area contributed by atoms with Crippen LogP contribution in [0.2, 0.25) is 0 Å². The van der Waals surface area contributed by atoms with Crippen LogP contribution in [-0.4, -0.2) is 46.1 Å². The number of hydrogen-bond acceptors (Lipinski definition) is 6. The average molecular weight is 438 g/mol. The highest BCUT2D eigenvalue weighted by Gasteiger charge is 2.81. The van der Waals surface area contributed by atoms with Crippen molar-refractivity contribution < 1.29 is 33.7 Å². The molecule has 4 unspecified atom stereocenters. The van der Waals surface area contributed by atoms with Gasteiger partial charge in [-0.05, 0) is 46.2 Å². The van der Waals surface area contributed by atoms with Crippen LogP contribution in [0.3, 0.4) is 0 Å². The Morgan fingerprint density at radius 2 is 2.03 bits per heavy atom. The smallest absolute Gasteiger partial charge is 0.341 e. The molecule has 1 spiro atoms. The maximum Gasteiger partial charge on any atom is 0.341 e. The number of fused-ring (bicyclic) bond motifs is 1. The van der Waals surface area contributed by atoms with Gasteiger partial charge >= 0.3 is 5.97 Å².